The zero-order valence-corrected chi connectivity index (χ0v) is 13.5. The zero-order chi connectivity index (χ0) is 18.8. The lowest BCUT2D eigenvalue weighted by atomic mass is 10.1. The second kappa shape index (κ2) is 10.2. The Morgan fingerprint density at radius 2 is 1.76 bits per heavy atom. The fraction of sp³-hybridized carbons (Fsp3) is 0.643. The van der Waals surface area contributed by atoms with Crippen LogP contribution in [-0.4, -0.2) is 71.6 Å². The second-order valence-corrected chi connectivity index (χ2v) is 5.53. The number of carboxylic acid groups (broad SMARTS) is 2. The van der Waals surface area contributed by atoms with Gasteiger partial charge in [-0.1, -0.05) is 0 Å². The highest BCUT2D eigenvalue weighted by Gasteiger charge is 2.24. The van der Waals surface area contributed by atoms with Crippen molar-refractivity contribution in [3.8, 4) is 0 Å². The summed E-state index contributed by atoms with van der Waals surface area (Å²) in [6.07, 6.45) is 0.950. The van der Waals surface area contributed by atoms with Crippen LogP contribution in [0.15, 0.2) is 0 Å². The van der Waals surface area contributed by atoms with Gasteiger partial charge in [-0.3, -0.25) is 24.0 Å². The Hall–Kier alpha value is -2.69. The lowest BCUT2D eigenvalue weighted by Crippen LogP contribution is -2.51. The Morgan fingerprint density at radius 1 is 1.04 bits per heavy atom. The first-order valence-electron chi connectivity index (χ1n) is 7.81. The molecule has 0 aliphatic carbocycles. The Bertz CT molecular complexity index is 531. The molecular weight excluding hydrogens is 336 g/mol. The topological polar surface area (TPSA) is 174 Å². The van der Waals surface area contributed by atoms with Crippen molar-refractivity contribution >= 4 is 29.7 Å². The molecule has 2 atom stereocenters. The normalized spacial score (nSPS) is 17.4. The van der Waals surface area contributed by atoms with Gasteiger partial charge in [-0.25, -0.2) is 0 Å². The zero-order valence-electron chi connectivity index (χ0n) is 13.5. The molecule has 0 radical (unpaired) electrons. The maximum Gasteiger partial charge on any atom is 0.322 e. The van der Waals surface area contributed by atoms with Gasteiger partial charge >= 0.3 is 11.9 Å². The van der Waals surface area contributed by atoms with Crippen LogP contribution in [0.25, 0.3) is 0 Å². The Balaban J connectivity index is 2.48. The smallest absolute Gasteiger partial charge is 0.322 e. The van der Waals surface area contributed by atoms with E-state index in [9.17, 15) is 24.0 Å². The minimum absolute atomic E-state index is 0.204. The molecule has 140 valence electrons. The lowest BCUT2D eigenvalue weighted by Gasteiger charge is -2.18. The molecule has 1 fully saturated rings. The van der Waals surface area contributed by atoms with E-state index >= 15 is 0 Å². The van der Waals surface area contributed by atoms with Crippen molar-refractivity contribution in [2.24, 2.45) is 0 Å². The van der Waals surface area contributed by atoms with Gasteiger partial charge in [0.2, 0.25) is 17.7 Å². The van der Waals surface area contributed by atoms with Gasteiger partial charge in [-0.15, -0.1) is 0 Å². The third-order valence-electron chi connectivity index (χ3n) is 3.51. The van der Waals surface area contributed by atoms with Crippen molar-refractivity contribution in [3.05, 3.63) is 0 Å². The summed E-state index contributed by atoms with van der Waals surface area (Å²) in [7, 11) is 0. The first kappa shape index (κ1) is 20.4. The van der Waals surface area contributed by atoms with Crippen LogP contribution in [0.2, 0.25) is 0 Å². The fourth-order valence-electron chi connectivity index (χ4n) is 2.27. The highest BCUT2D eigenvalue weighted by molar-refractivity contribution is 5.92. The van der Waals surface area contributed by atoms with E-state index in [1.807, 2.05) is 0 Å². The molecule has 1 aliphatic heterocycles. The van der Waals surface area contributed by atoms with Crippen molar-refractivity contribution in [2.45, 2.75) is 37.8 Å². The highest BCUT2D eigenvalue weighted by Crippen LogP contribution is 2.04. The standard InChI is InChI=1S/C14H22N4O7/c19-10(6-16-13(24)8-2-1-5-15-8)18-9(3-4-11(20)21)14(25)17-7-12(22)23/h8-9,15H,1-7H2,(H,16,24)(H,17,25)(H,18,19)(H,20,21)(H,22,23). The Morgan fingerprint density at radius 3 is 2.32 bits per heavy atom. The molecule has 0 saturated carbocycles. The van der Waals surface area contributed by atoms with Crippen molar-refractivity contribution in [1.82, 2.24) is 21.3 Å². The number of carboxylic acids is 2. The van der Waals surface area contributed by atoms with E-state index in [1.165, 1.54) is 0 Å². The van der Waals surface area contributed by atoms with Crippen LogP contribution >= 0.6 is 0 Å². The summed E-state index contributed by atoms with van der Waals surface area (Å²) in [5.74, 6) is -4.24. The summed E-state index contributed by atoms with van der Waals surface area (Å²) >= 11 is 0. The number of carbonyl (C=O) groups excluding carboxylic acids is 3. The second-order valence-electron chi connectivity index (χ2n) is 5.53. The van der Waals surface area contributed by atoms with E-state index in [1.54, 1.807) is 0 Å². The molecule has 11 nitrogen and oxygen atoms in total. The summed E-state index contributed by atoms with van der Waals surface area (Å²) in [5, 5.41) is 27.0. The van der Waals surface area contributed by atoms with Gasteiger partial charge < -0.3 is 31.5 Å². The van der Waals surface area contributed by atoms with Gasteiger partial charge in [0.25, 0.3) is 0 Å². The monoisotopic (exact) mass is 358 g/mol. The van der Waals surface area contributed by atoms with Crippen molar-refractivity contribution in [1.29, 1.82) is 0 Å². The third-order valence-corrected chi connectivity index (χ3v) is 3.51. The molecule has 0 aromatic carbocycles. The van der Waals surface area contributed by atoms with Crippen LogP contribution in [0, 0.1) is 0 Å². The molecule has 0 bridgehead atoms. The van der Waals surface area contributed by atoms with Crippen LogP contribution in [0.3, 0.4) is 0 Å². The average molecular weight is 358 g/mol. The van der Waals surface area contributed by atoms with Crippen LogP contribution in [-0.2, 0) is 24.0 Å². The van der Waals surface area contributed by atoms with Gasteiger partial charge in [-0.2, -0.15) is 0 Å². The first-order valence-corrected chi connectivity index (χ1v) is 7.81. The molecule has 1 saturated heterocycles. The molecule has 1 rings (SSSR count). The number of hydrogen-bond acceptors (Lipinski definition) is 6. The number of hydrogen-bond donors (Lipinski definition) is 6. The molecule has 1 heterocycles. The number of amides is 3. The van der Waals surface area contributed by atoms with Gasteiger partial charge in [0.15, 0.2) is 0 Å². The number of rotatable bonds is 10. The van der Waals surface area contributed by atoms with Gasteiger partial charge in [0, 0.05) is 6.42 Å². The van der Waals surface area contributed by atoms with Crippen LogP contribution < -0.4 is 21.3 Å². The average Bonchev–Trinajstić information content (AvgIpc) is 3.08. The Kier molecular flexibility index (Phi) is 8.33. The van der Waals surface area contributed by atoms with E-state index in [0.29, 0.717) is 6.42 Å². The number of carbonyl (C=O) groups is 5. The van der Waals surface area contributed by atoms with E-state index < -0.39 is 36.3 Å². The predicted molar refractivity (Wildman–Crippen MR) is 83.5 cm³/mol. The molecule has 2 unspecified atom stereocenters. The maximum atomic E-state index is 11.9. The van der Waals surface area contributed by atoms with Crippen LogP contribution in [0.5, 0.6) is 0 Å². The van der Waals surface area contributed by atoms with Gasteiger partial charge in [0.1, 0.15) is 12.6 Å². The van der Waals surface area contributed by atoms with Crippen LogP contribution in [0.1, 0.15) is 25.7 Å². The summed E-state index contributed by atoms with van der Waals surface area (Å²) in [5.41, 5.74) is 0. The van der Waals surface area contributed by atoms with E-state index in [4.69, 9.17) is 10.2 Å². The minimum Gasteiger partial charge on any atom is -0.481 e. The van der Waals surface area contributed by atoms with Crippen molar-refractivity contribution in [2.75, 3.05) is 19.6 Å². The SMILES string of the molecule is O=C(O)CCC(NC(=O)CNC(=O)C1CCCN1)C(=O)NCC(=O)O. The van der Waals surface area contributed by atoms with Crippen molar-refractivity contribution in [3.63, 3.8) is 0 Å². The maximum absolute atomic E-state index is 11.9. The fourth-order valence-corrected chi connectivity index (χ4v) is 2.27. The quantitative estimate of drug-likeness (QED) is 0.246. The largest absolute Gasteiger partial charge is 0.481 e. The molecule has 0 spiro atoms. The minimum atomic E-state index is -1.27. The molecule has 6 N–H and O–H groups in total. The molecular formula is C14H22N4O7. The molecule has 0 aromatic rings. The van der Waals surface area contributed by atoms with Crippen LogP contribution in [0.4, 0.5) is 0 Å². The summed E-state index contributed by atoms with van der Waals surface area (Å²) in [4.78, 5) is 56.6. The summed E-state index contributed by atoms with van der Waals surface area (Å²) in [6, 6.07) is -1.56. The molecule has 25 heavy (non-hydrogen) atoms. The van der Waals surface area contributed by atoms with E-state index in [0.717, 1.165) is 13.0 Å². The van der Waals surface area contributed by atoms with Gasteiger partial charge in [-0.05, 0) is 25.8 Å². The first-order chi connectivity index (χ1) is 11.8. The summed E-state index contributed by atoms with van der Waals surface area (Å²) < 4.78 is 0. The Labute approximate surface area is 143 Å². The molecule has 3 amide bonds. The number of aliphatic carboxylic acids is 2. The van der Waals surface area contributed by atoms with E-state index in [-0.39, 0.29) is 31.3 Å². The highest BCUT2D eigenvalue weighted by atomic mass is 16.4. The third kappa shape index (κ3) is 8.11. The molecule has 11 heteroatoms. The van der Waals surface area contributed by atoms with E-state index in [2.05, 4.69) is 21.3 Å². The van der Waals surface area contributed by atoms with Gasteiger partial charge in [0.05, 0.1) is 12.6 Å². The number of nitrogens with one attached hydrogen (secondary N) is 4. The lowest BCUT2D eigenvalue weighted by molar-refractivity contribution is -0.140. The van der Waals surface area contributed by atoms with Crippen molar-refractivity contribution < 1.29 is 34.2 Å². The predicted octanol–water partition coefficient (Wildman–Crippen LogP) is -2.59. The molecule has 1 aliphatic rings. The molecule has 0 aromatic heterocycles. The summed E-state index contributed by atoms with van der Waals surface area (Å²) in [6.45, 7) is -0.291.